The van der Waals surface area contributed by atoms with Gasteiger partial charge in [0.2, 0.25) is 0 Å². The number of aromatic hydroxyl groups is 2. The quantitative estimate of drug-likeness (QED) is 0.266. The van der Waals surface area contributed by atoms with E-state index >= 15 is 0 Å². The van der Waals surface area contributed by atoms with E-state index in [9.17, 15) is 19.8 Å². The summed E-state index contributed by atoms with van der Waals surface area (Å²) in [7, 11) is 0. The van der Waals surface area contributed by atoms with E-state index in [0.29, 0.717) is 13.0 Å². The number of carbonyl (C=O) groups excluding carboxylic acids is 2. The molecule has 6 nitrogen and oxygen atoms in total. The molecule has 1 rings (SSSR count). The Morgan fingerprint density at radius 1 is 1.15 bits per heavy atom. The number of rotatable bonds is 9. The summed E-state index contributed by atoms with van der Waals surface area (Å²) in [5, 5.41) is 21.6. The number of phenols is 2. The highest BCUT2D eigenvalue weighted by Gasteiger charge is 2.08. The third kappa shape index (κ3) is 8.94. The number of hydrogen-bond acceptors (Lipinski definition) is 5. The van der Waals surface area contributed by atoms with Crippen LogP contribution in [0.25, 0.3) is 0 Å². The van der Waals surface area contributed by atoms with E-state index in [1.54, 1.807) is 0 Å². The van der Waals surface area contributed by atoms with Crippen LogP contribution >= 0.6 is 0 Å². The molecule has 0 aliphatic heterocycles. The molecule has 1 aromatic carbocycles. The van der Waals surface area contributed by atoms with Crippen LogP contribution in [0.2, 0.25) is 0 Å². The average molecular weight is 375 g/mol. The highest BCUT2D eigenvalue weighted by atomic mass is 16.5. The number of phenolic OH excluding ortho intramolecular Hbond substituents is 2. The predicted octanol–water partition coefficient (Wildman–Crippen LogP) is 3.30. The Balaban J connectivity index is 2.33. The molecule has 27 heavy (non-hydrogen) atoms. The molecule has 0 atom stereocenters. The van der Waals surface area contributed by atoms with Gasteiger partial charge in [-0.15, -0.1) is 0 Å². The monoisotopic (exact) mass is 375 g/mol. The first kappa shape index (κ1) is 22.3. The molecular formula is C21H29NO5. The maximum Gasteiger partial charge on any atom is 0.331 e. The van der Waals surface area contributed by atoms with Gasteiger partial charge in [-0.25, -0.2) is 4.79 Å². The molecule has 148 valence electrons. The zero-order valence-corrected chi connectivity index (χ0v) is 16.5. The molecule has 0 aliphatic carbocycles. The Kier molecular flexibility index (Phi) is 9.13. The second-order valence-electron chi connectivity index (χ2n) is 6.79. The first-order valence-corrected chi connectivity index (χ1v) is 8.94. The van der Waals surface area contributed by atoms with Gasteiger partial charge in [0.25, 0.3) is 5.91 Å². The Morgan fingerprint density at radius 3 is 2.48 bits per heavy atom. The van der Waals surface area contributed by atoms with Gasteiger partial charge in [0, 0.05) is 12.6 Å². The van der Waals surface area contributed by atoms with Crippen molar-refractivity contribution in [2.45, 2.75) is 47.0 Å². The summed E-state index contributed by atoms with van der Waals surface area (Å²) in [5.74, 6) is -1.28. The second-order valence-corrected chi connectivity index (χ2v) is 6.79. The number of nitrogens with one attached hydrogen (secondary N) is 1. The third-order valence-corrected chi connectivity index (χ3v) is 3.95. The van der Waals surface area contributed by atoms with Crippen LogP contribution in [0.1, 0.15) is 44.7 Å². The van der Waals surface area contributed by atoms with Crippen LogP contribution in [-0.2, 0) is 20.7 Å². The molecule has 0 bridgehead atoms. The fourth-order valence-corrected chi connectivity index (χ4v) is 2.42. The van der Waals surface area contributed by atoms with Crippen LogP contribution < -0.4 is 5.32 Å². The van der Waals surface area contributed by atoms with E-state index in [-0.39, 0.29) is 24.0 Å². The van der Waals surface area contributed by atoms with Crippen molar-refractivity contribution in [1.82, 2.24) is 5.32 Å². The van der Waals surface area contributed by atoms with Crippen LogP contribution in [-0.4, -0.2) is 35.2 Å². The Labute approximate surface area is 160 Å². The van der Waals surface area contributed by atoms with Crippen LogP contribution in [0, 0.1) is 6.92 Å². The van der Waals surface area contributed by atoms with Crippen molar-refractivity contribution in [2.24, 2.45) is 0 Å². The van der Waals surface area contributed by atoms with Crippen molar-refractivity contribution in [3.8, 4) is 11.5 Å². The first-order valence-electron chi connectivity index (χ1n) is 8.94. The summed E-state index contributed by atoms with van der Waals surface area (Å²) in [6.07, 6.45) is 5.64. The summed E-state index contributed by atoms with van der Waals surface area (Å²) >= 11 is 0. The molecule has 0 radical (unpaired) electrons. The smallest absolute Gasteiger partial charge is 0.331 e. The zero-order chi connectivity index (χ0) is 20.4. The normalized spacial score (nSPS) is 11.0. The van der Waals surface area contributed by atoms with E-state index in [4.69, 9.17) is 4.74 Å². The number of esters is 1. The molecule has 3 N–H and O–H groups in total. The number of aryl methyl sites for hydroxylation is 1. The van der Waals surface area contributed by atoms with Crippen molar-refractivity contribution < 1.29 is 24.5 Å². The standard InChI is InChI=1S/C21H29NO5/c1-14(2)6-5-7-15(3)10-21(26)27-13-20(25)22-9-8-17-12-19(24)18(23)11-16(17)4/h6,10-12,23-24H,5,7-9,13H2,1-4H3,(H,22,25)/b15-10+. The van der Waals surface area contributed by atoms with Crippen LogP contribution in [0.15, 0.2) is 35.4 Å². The number of hydrogen-bond donors (Lipinski definition) is 3. The summed E-state index contributed by atoms with van der Waals surface area (Å²) < 4.78 is 4.95. The number of ether oxygens (including phenoxy) is 1. The number of allylic oxidation sites excluding steroid dienone is 3. The molecule has 0 heterocycles. The summed E-state index contributed by atoms with van der Waals surface area (Å²) in [6, 6.07) is 2.94. The summed E-state index contributed by atoms with van der Waals surface area (Å²) in [6.45, 7) is 7.71. The molecule has 0 fully saturated rings. The average Bonchev–Trinajstić information content (AvgIpc) is 2.57. The first-order chi connectivity index (χ1) is 12.7. The lowest BCUT2D eigenvalue weighted by Gasteiger charge is -2.09. The van der Waals surface area contributed by atoms with Crippen molar-refractivity contribution in [2.75, 3.05) is 13.2 Å². The maximum absolute atomic E-state index is 11.8. The van der Waals surface area contributed by atoms with Crippen LogP contribution in [0.3, 0.4) is 0 Å². The highest BCUT2D eigenvalue weighted by molar-refractivity contribution is 5.86. The molecule has 0 saturated carbocycles. The van der Waals surface area contributed by atoms with Gasteiger partial charge in [0.1, 0.15) is 0 Å². The van der Waals surface area contributed by atoms with Crippen molar-refractivity contribution in [1.29, 1.82) is 0 Å². The largest absolute Gasteiger partial charge is 0.504 e. The number of carbonyl (C=O) groups is 2. The van der Waals surface area contributed by atoms with Crippen molar-refractivity contribution in [3.63, 3.8) is 0 Å². The Morgan fingerprint density at radius 2 is 1.81 bits per heavy atom. The van der Waals surface area contributed by atoms with E-state index in [0.717, 1.165) is 29.5 Å². The Hall–Kier alpha value is -2.76. The second kappa shape index (κ2) is 11.1. The van der Waals surface area contributed by atoms with Crippen molar-refractivity contribution >= 4 is 11.9 Å². The molecule has 0 spiro atoms. The fourth-order valence-electron chi connectivity index (χ4n) is 2.42. The van der Waals surface area contributed by atoms with Gasteiger partial charge in [0.15, 0.2) is 18.1 Å². The van der Waals surface area contributed by atoms with Gasteiger partial charge < -0.3 is 20.3 Å². The molecule has 1 amide bonds. The van der Waals surface area contributed by atoms with Gasteiger partial charge in [-0.2, -0.15) is 0 Å². The summed E-state index contributed by atoms with van der Waals surface area (Å²) in [5.41, 5.74) is 3.78. The molecule has 0 aromatic heterocycles. The summed E-state index contributed by atoms with van der Waals surface area (Å²) in [4.78, 5) is 23.5. The molecule has 0 saturated heterocycles. The van der Waals surface area contributed by atoms with Crippen LogP contribution in [0.5, 0.6) is 11.5 Å². The molecule has 6 heteroatoms. The van der Waals surface area contributed by atoms with Gasteiger partial charge in [-0.3, -0.25) is 4.79 Å². The van der Waals surface area contributed by atoms with E-state index in [2.05, 4.69) is 11.4 Å². The van der Waals surface area contributed by atoms with Gasteiger partial charge in [-0.05, 0) is 70.2 Å². The molecular weight excluding hydrogens is 346 g/mol. The zero-order valence-electron chi connectivity index (χ0n) is 16.5. The molecule has 1 aromatic rings. The van der Waals surface area contributed by atoms with E-state index in [1.165, 1.54) is 23.8 Å². The van der Waals surface area contributed by atoms with Crippen LogP contribution in [0.4, 0.5) is 0 Å². The lowest BCUT2D eigenvalue weighted by Crippen LogP contribution is -2.30. The number of amides is 1. The maximum atomic E-state index is 11.8. The van der Waals surface area contributed by atoms with Gasteiger partial charge >= 0.3 is 5.97 Å². The topological polar surface area (TPSA) is 95.9 Å². The predicted molar refractivity (Wildman–Crippen MR) is 105 cm³/mol. The SMILES string of the molecule is CC(C)=CCC/C(C)=C/C(=O)OCC(=O)NCCc1cc(O)c(O)cc1C. The molecule has 0 aliphatic rings. The third-order valence-electron chi connectivity index (χ3n) is 3.95. The van der Waals surface area contributed by atoms with E-state index < -0.39 is 5.97 Å². The minimum absolute atomic E-state index is 0.170. The van der Waals surface area contributed by atoms with Gasteiger partial charge in [-0.1, -0.05) is 17.2 Å². The number of benzene rings is 1. The fraction of sp³-hybridized carbons (Fsp3) is 0.429. The minimum Gasteiger partial charge on any atom is -0.504 e. The molecule has 0 unspecified atom stereocenters. The Bertz CT molecular complexity index is 730. The van der Waals surface area contributed by atoms with E-state index in [1.807, 2.05) is 27.7 Å². The van der Waals surface area contributed by atoms with Crippen molar-refractivity contribution in [3.05, 3.63) is 46.6 Å². The van der Waals surface area contributed by atoms with Gasteiger partial charge in [0.05, 0.1) is 0 Å². The minimum atomic E-state index is -0.529. The lowest BCUT2D eigenvalue weighted by atomic mass is 10.0. The lowest BCUT2D eigenvalue weighted by molar-refractivity contribution is -0.143. The highest BCUT2D eigenvalue weighted by Crippen LogP contribution is 2.27.